The van der Waals surface area contributed by atoms with Gasteiger partial charge in [-0.3, -0.25) is 4.90 Å². The summed E-state index contributed by atoms with van der Waals surface area (Å²) in [7, 11) is 0. The first kappa shape index (κ1) is 14.6. The number of piperazine rings is 1. The topological polar surface area (TPSA) is 41.3 Å². The van der Waals surface area contributed by atoms with Crippen molar-refractivity contribution in [1.29, 1.82) is 0 Å². The number of halogens is 1. The van der Waals surface area contributed by atoms with Gasteiger partial charge in [-0.2, -0.15) is 0 Å². The van der Waals surface area contributed by atoms with Crippen LogP contribution in [0.4, 0.5) is 0 Å². The lowest BCUT2D eigenvalue weighted by atomic mass is 10.00. The van der Waals surface area contributed by atoms with Gasteiger partial charge in [0.05, 0.1) is 5.69 Å². The molecule has 4 nitrogen and oxygen atoms in total. The normalized spacial score (nSPS) is 18.8. The van der Waals surface area contributed by atoms with E-state index in [1.165, 1.54) is 0 Å². The molecule has 1 N–H and O–H groups in total. The standard InChI is InChI=1S/C16H20ClN3O/c1-16(2)11-18-7-8-20(16)9-14-10-21-15(19-14)12-3-5-13(17)6-4-12/h3-6,10,18H,7-9,11H2,1-2H3. The number of nitrogens with one attached hydrogen (secondary N) is 1. The lowest BCUT2D eigenvalue weighted by Gasteiger charge is -2.42. The molecule has 1 saturated heterocycles. The molecule has 1 aromatic heterocycles. The third-order valence-corrected chi connectivity index (χ3v) is 4.22. The summed E-state index contributed by atoms with van der Waals surface area (Å²) >= 11 is 5.90. The van der Waals surface area contributed by atoms with Crippen molar-refractivity contribution in [2.75, 3.05) is 19.6 Å². The molecule has 0 radical (unpaired) electrons. The van der Waals surface area contributed by atoms with Crippen molar-refractivity contribution in [3.63, 3.8) is 0 Å². The lowest BCUT2D eigenvalue weighted by Crippen LogP contribution is -2.57. The summed E-state index contributed by atoms with van der Waals surface area (Å²) in [6.45, 7) is 8.35. The van der Waals surface area contributed by atoms with E-state index in [0.717, 1.165) is 37.4 Å². The predicted octanol–water partition coefficient (Wildman–Crippen LogP) is 3.18. The van der Waals surface area contributed by atoms with Crippen LogP contribution < -0.4 is 5.32 Å². The maximum atomic E-state index is 5.90. The largest absolute Gasteiger partial charge is 0.444 e. The van der Waals surface area contributed by atoms with Crippen LogP contribution in [0.15, 0.2) is 34.9 Å². The molecule has 0 saturated carbocycles. The summed E-state index contributed by atoms with van der Waals surface area (Å²) in [6.07, 6.45) is 1.75. The number of rotatable bonds is 3. The van der Waals surface area contributed by atoms with Crippen LogP contribution in [0.3, 0.4) is 0 Å². The minimum absolute atomic E-state index is 0.137. The first-order valence-corrected chi connectivity index (χ1v) is 7.58. The van der Waals surface area contributed by atoms with E-state index in [9.17, 15) is 0 Å². The Kier molecular flexibility index (Phi) is 4.02. The van der Waals surface area contributed by atoms with E-state index in [2.05, 4.69) is 29.0 Å². The van der Waals surface area contributed by atoms with Crippen LogP contribution in [-0.2, 0) is 6.54 Å². The van der Waals surface area contributed by atoms with Gasteiger partial charge in [-0.05, 0) is 38.1 Å². The third kappa shape index (κ3) is 3.28. The van der Waals surface area contributed by atoms with Crippen molar-refractivity contribution in [3.05, 3.63) is 41.2 Å². The molecule has 1 aliphatic heterocycles. The SMILES string of the molecule is CC1(C)CNCCN1Cc1coc(-c2ccc(Cl)cc2)n1. The molecule has 0 unspecified atom stereocenters. The second kappa shape index (κ2) is 5.79. The molecule has 2 heterocycles. The average molecular weight is 306 g/mol. The van der Waals surface area contributed by atoms with Gasteiger partial charge in [0.2, 0.25) is 5.89 Å². The Hall–Kier alpha value is -1.36. The molecular formula is C16H20ClN3O. The van der Waals surface area contributed by atoms with Crippen LogP contribution >= 0.6 is 11.6 Å². The highest BCUT2D eigenvalue weighted by Crippen LogP contribution is 2.23. The van der Waals surface area contributed by atoms with Gasteiger partial charge in [0, 0.05) is 42.3 Å². The van der Waals surface area contributed by atoms with Crippen LogP contribution in [0.2, 0.25) is 5.02 Å². The molecule has 1 fully saturated rings. The molecule has 1 aromatic carbocycles. The Morgan fingerprint density at radius 1 is 1.33 bits per heavy atom. The minimum Gasteiger partial charge on any atom is -0.444 e. The number of benzene rings is 1. The quantitative estimate of drug-likeness (QED) is 0.945. The van der Waals surface area contributed by atoms with Gasteiger partial charge in [0.1, 0.15) is 6.26 Å². The van der Waals surface area contributed by atoms with E-state index < -0.39 is 0 Å². The van der Waals surface area contributed by atoms with Crippen molar-refractivity contribution in [3.8, 4) is 11.5 Å². The van der Waals surface area contributed by atoms with E-state index >= 15 is 0 Å². The van der Waals surface area contributed by atoms with Gasteiger partial charge in [0.25, 0.3) is 0 Å². The molecule has 3 rings (SSSR count). The van der Waals surface area contributed by atoms with E-state index in [1.54, 1.807) is 6.26 Å². The van der Waals surface area contributed by atoms with Crippen molar-refractivity contribution >= 4 is 11.6 Å². The molecule has 0 atom stereocenters. The fraction of sp³-hybridized carbons (Fsp3) is 0.438. The zero-order valence-corrected chi connectivity index (χ0v) is 13.2. The second-order valence-electron chi connectivity index (χ2n) is 6.06. The fourth-order valence-electron chi connectivity index (χ4n) is 2.62. The number of oxazole rings is 1. The van der Waals surface area contributed by atoms with Gasteiger partial charge in [-0.25, -0.2) is 4.98 Å². The molecule has 5 heteroatoms. The molecule has 0 bridgehead atoms. The average Bonchev–Trinajstić information content (AvgIpc) is 2.90. The van der Waals surface area contributed by atoms with Crippen molar-refractivity contribution in [2.45, 2.75) is 25.9 Å². The molecule has 0 spiro atoms. The molecular weight excluding hydrogens is 286 g/mol. The van der Waals surface area contributed by atoms with E-state index in [0.29, 0.717) is 10.9 Å². The minimum atomic E-state index is 0.137. The fourth-order valence-corrected chi connectivity index (χ4v) is 2.74. The molecule has 21 heavy (non-hydrogen) atoms. The van der Waals surface area contributed by atoms with E-state index in [1.807, 2.05) is 24.3 Å². The summed E-state index contributed by atoms with van der Waals surface area (Å²) in [5, 5.41) is 4.14. The Morgan fingerprint density at radius 2 is 2.10 bits per heavy atom. The van der Waals surface area contributed by atoms with Crippen LogP contribution in [0.5, 0.6) is 0 Å². The third-order valence-electron chi connectivity index (χ3n) is 3.97. The van der Waals surface area contributed by atoms with Crippen molar-refractivity contribution in [2.24, 2.45) is 0 Å². The highest BCUT2D eigenvalue weighted by molar-refractivity contribution is 6.30. The summed E-state index contributed by atoms with van der Waals surface area (Å²) in [6, 6.07) is 7.54. The summed E-state index contributed by atoms with van der Waals surface area (Å²) < 4.78 is 5.60. The molecule has 0 amide bonds. The molecule has 112 valence electrons. The zero-order chi connectivity index (χ0) is 14.9. The van der Waals surface area contributed by atoms with Crippen LogP contribution in [0.25, 0.3) is 11.5 Å². The monoisotopic (exact) mass is 305 g/mol. The van der Waals surface area contributed by atoms with Gasteiger partial charge in [0.15, 0.2) is 0 Å². The maximum absolute atomic E-state index is 5.90. The molecule has 2 aromatic rings. The zero-order valence-electron chi connectivity index (χ0n) is 12.4. The highest BCUT2D eigenvalue weighted by atomic mass is 35.5. The van der Waals surface area contributed by atoms with E-state index in [4.69, 9.17) is 16.0 Å². The summed E-state index contributed by atoms with van der Waals surface area (Å²) in [4.78, 5) is 7.04. The Bertz CT molecular complexity index is 606. The van der Waals surface area contributed by atoms with Crippen LogP contribution in [0, 0.1) is 0 Å². The first-order chi connectivity index (χ1) is 10.0. The van der Waals surface area contributed by atoms with Crippen LogP contribution in [-0.4, -0.2) is 35.1 Å². The molecule has 0 aliphatic carbocycles. The predicted molar refractivity (Wildman–Crippen MR) is 84.3 cm³/mol. The van der Waals surface area contributed by atoms with Gasteiger partial charge >= 0.3 is 0 Å². The number of hydrogen-bond donors (Lipinski definition) is 1. The Labute approximate surface area is 130 Å². The van der Waals surface area contributed by atoms with Gasteiger partial charge < -0.3 is 9.73 Å². The number of aromatic nitrogens is 1. The second-order valence-corrected chi connectivity index (χ2v) is 6.50. The van der Waals surface area contributed by atoms with Gasteiger partial charge in [-0.1, -0.05) is 11.6 Å². The summed E-state index contributed by atoms with van der Waals surface area (Å²) in [5.74, 6) is 0.648. The first-order valence-electron chi connectivity index (χ1n) is 7.21. The Morgan fingerprint density at radius 3 is 2.81 bits per heavy atom. The summed E-state index contributed by atoms with van der Waals surface area (Å²) in [5.41, 5.74) is 2.05. The van der Waals surface area contributed by atoms with Crippen molar-refractivity contribution in [1.82, 2.24) is 15.2 Å². The van der Waals surface area contributed by atoms with Crippen molar-refractivity contribution < 1.29 is 4.42 Å². The smallest absolute Gasteiger partial charge is 0.226 e. The van der Waals surface area contributed by atoms with E-state index in [-0.39, 0.29) is 5.54 Å². The van der Waals surface area contributed by atoms with Gasteiger partial charge in [-0.15, -0.1) is 0 Å². The van der Waals surface area contributed by atoms with Crippen LogP contribution in [0.1, 0.15) is 19.5 Å². The highest BCUT2D eigenvalue weighted by Gasteiger charge is 2.30. The lowest BCUT2D eigenvalue weighted by molar-refractivity contribution is 0.0814. The number of hydrogen-bond acceptors (Lipinski definition) is 4. The Balaban J connectivity index is 1.74. The maximum Gasteiger partial charge on any atom is 0.226 e. The number of nitrogens with zero attached hydrogens (tertiary/aromatic N) is 2. The molecule has 1 aliphatic rings.